The lowest BCUT2D eigenvalue weighted by atomic mass is 9.94. The first-order valence-corrected chi connectivity index (χ1v) is 13.5. The topological polar surface area (TPSA) is 38.1 Å². The number of hydrogen-bond donors (Lipinski definition) is 0. The Balaban J connectivity index is 1.36. The molecule has 0 spiro atoms. The molecule has 4 heteroatoms. The summed E-state index contributed by atoms with van der Waals surface area (Å²) in [4.78, 5) is 20.1. The maximum Gasteiger partial charge on any atom is 0.223 e. The van der Waals surface area contributed by atoms with Gasteiger partial charge in [0.1, 0.15) is 5.82 Å². The van der Waals surface area contributed by atoms with Gasteiger partial charge in [-0.15, -0.1) is 0 Å². The Hall–Kier alpha value is -1.84. The van der Waals surface area contributed by atoms with Crippen LogP contribution in [-0.2, 0) is 11.3 Å². The minimum Gasteiger partial charge on any atom is -0.339 e. The molecule has 1 aromatic heterocycles. The zero-order valence-electron chi connectivity index (χ0n) is 20.2. The Morgan fingerprint density at radius 2 is 1.59 bits per heavy atom. The molecule has 4 rings (SSSR count). The van der Waals surface area contributed by atoms with Crippen molar-refractivity contribution in [2.45, 2.75) is 122 Å². The molecular weight excluding hydrogens is 394 g/mol. The highest BCUT2D eigenvalue weighted by Crippen LogP contribution is 2.34. The van der Waals surface area contributed by atoms with Gasteiger partial charge in [0.05, 0.1) is 11.0 Å². The summed E-state index contributed by atoms with van der Waals surface area (Å²) in [5.74, 6) is 1.75. The molecule has 1 aromatic carbocycles. The Morgan fingerprint density at radius 3 is 2.34 bits per heavy atom. The molecule has 4 nitrogen and oxygen atoms in total. The molecule has 32 heavy (non-hydrogen) atoms. The van der Waals surface area contributed by atoms with Crippen LogP contribution in [0.3, 0.4) is 0 Å². The number of carbonyl (C=O) groups excluding carboxylic acids is 1. The molecule has 1 aliphatic carbocycles. The number of aromatic nitrogens is 2. The zero-order valence-corrected chi connectivity index (χ0v) is 20.2. The number of nitrogens with zero attached hydrogens (tertiary/aromatic N) is 3. The fourth-order valence-corrected chi connectivity index (χ4v) is 5.87. The molecule has 176 valence electrons. The molecule has 1 aliphatic heterocycles. The number of fused-ring (bicyclic) bond motifs is 1. The molecule has 2 heterocycles. The van der Waals surface area contributed by atoms with Crippen LogP contribution >= 0.6 is 0 Å². The van der Waals surface area contributed by atoms with Crippen LogP contribution < -0.4 is 0 Å². The van der Waals surface area contributed by atoms with E-state index in [0.717, 1.165) is 24.4 Å². The predicted octanol–water partition coefficient (Wildman–Crippen LogP) is 7.22. The van der Waals surface area contributed by atoms with E-state index in [2.05, 4.69) is 40.7 Å². The predicted molar refractivity (Wildman–Crippen MR) is 133 cm³/mol. The smallest absolute Gasteiger partial charge is 0.223 e. The van der Waals surface area contributed by atoms with E-state index in [1.807, 2.05) is 0 Å². The van der Waals surface area contributed by atoms with E-state index < -0.39 is 0 Å². The van der Waals surface area contributed by atoms with Crippen molar-refractivity contribution in [2.24, 2.45) is 0 Å². The van der Waals surface area contributed by atoms with Gasteiger partial charge in [-0.05, 0) is 31.4 Å². The number of para-hydroxylation sites is 2. The SMILES string of the molecule is CCCCCCCCCCCn1c(C2CC(=O)N(C3CCCCC3)C2)nc2ccccc21. The normalized spacial score (nSPS) is 20.0. The maximum atomic E-state index is 12.9. The first kappa shape index (κ1) is 23.3. The standard InChI is InChI=1S/C28H43N3O/c1-2-3-4-5-6-7-8-9-15-20-30-26-19-14-13-18-25(26)29-28(30)23-21-27(32)31(22-23)24-16-11-10-12-17-24/h13-14,18-19,23-24H,2-12,15-17,20-22H2,1H3. The number of imidazole rings is 1. The summed E-state index contributed by atoms with van der Waals surface area (Å²) >= 11 is 0. The van der Waals surface area contributed by atoms with E-state index in [-0.39, 0.29) is 5.92 Å². The van der Waals surface area contributed by atoms with Crippen LogP contribution in [0, 0.1) is 0 Å². The lowest BCUT2D eigenvalue weighted by molar-refractivity contribution is -0.130. The fourth-order valence-electron chi connectivity index (χ4n) is 5.87. The van der Waals surface area contributed by atoms with Gasteiger partial charge in [0, 0.05) is 31.5 Å². The van der Waals surface area contributed by atoms with Gasteiger partial charge in [-0.25, -0.2) is 4.98 Å². The van der Waals surface area contributed by atoms with Crippen molar-refractivity contribution < 1.29 is 4.79 Å². The van der Waals surface area contributed by atoms with Crippen LogP contribution in [0.2, 0.25) is 0 Å². The summed E-state index contributed by atoms with van der Waals surface area (Å²) in [6.45, 7) is 4.17. The van der Waals surface area contributed by atoms with Gasteiger partial charge in [0.25, 0.3) is 0 Å². The van der Waals surface area contributed by atoms with E-state index in [4.69, 9.17) is 4.98 Å². The minimum atomic E-state index is 0.246. The molecule has 1 amide bonds. The summed E-state index contributed by atoms with van der Waals surface area (Å²) in [7, 11) is 0. The number of hydrogen-bond acceptors (Lipinski definition) is 2. The lowest BCUT2D eigenvalue weighted by Gasteiger charge is -2.31. The van der Waals surface area contributed by atoms with Crippen LogP contribution in [0.5, 0.6) is 0 Å². The summed E-state index contributed by atoms with van der Waals surface area (Å²) in [5.41, 5.74) is 2.33. The second-order valence-corrected chi connectivity index (χ2v) is 10.2. The molecule has 2 aromatic rings. The Kier molecular flexibility index (Phi) is 8.64. The van der Waals surface area contributed by atoms with Gasteiger partial charge in [0.2, 0.25) is 5.91 Å². The molecule has 1 saturated heterocycles. The van der Waals surface area contributed by atoms with Crippen molar-refractivity contribution in [2.75, 3.05) is 6.54 Å². The molecule has 0 radical (unpaired) electrons. The van der Waals surface area contributed by atoms with E-state index in [0.29, 0.717) is 18.4 Å². The van der Waals surface area contributed by atoms with Gasteiger partial charge in [0.15, 0.2) is 0 Å². The van der Waals surface area contributed by atoms with Gasteiger partial charge in [-0.3, -0.25) is 4.79 Å². The maximum absolute atomic E-state index is 12.9. The van der Waals surface area contributed by atoms with E-state index in [1.165, 1.54) is 95.4 Å². The van der Waals surface area contributed by atoms with Crippen LogP contribution in [0.4, 0.5) is 0 Å². The minimum absolute atomic E-state index is 0.246. The number of benzene rings is 1. The summed E-state index contributed by atoms with van der Waals surface area (Å²) in [5, 5.41) is 0. The second kappa shape index (κ2) is 11.9. The quantitative estimate of drug-likeness (QED) is 0.329. The molecule has 2 aliphatic rings. The average molecular weight is 438 g/mol. The molecule has 2 fully saturated rings. The largest absolute Gasteiger partial charge is 0.339 e. The Bertz CT molecular complexity index is 851. The second-order valence-electron chi connectivity index (χ2n) is 10.2. The van der Waals surface area contributed by atoms with Crippen molar-refractivity contribution in [1.82, 2.24) is 14.5 Å². The van der Waals surface area contributed by atoms with E-state index in [9.17, 15) is 4.79 Å². The molecule has 0 bridgehead atoms. The molecular formula is C28H43N3O. The molecule has 0 N–H and O–H groups in total. The highest BCUT2D eigenvalue weighted by atomic mass is 16.2. The van der Waals surface area contributed by atoms with Crippen LogP contribution in [0.15, 0.2) is 24.3 Å². The number of amides is 1. The zero-order chi connectivity index (χ0) is 22.2. The van der Waals surface area contributed by atoms with Crippen LogP contribution in [-0.4, -0.2) is 32.9 Å². The number of unbranched alkanes of at least 4 members (excludes halogenated alkanes) is 8. The van der Waals surface area contributed by atoms with Crippen molar-refractivity contribution in [3.8, 4) is 0 Å². The van der Waals surface area contributed by atoms with Gasteiger partial charge >= 0.3 is 0 Å². The third-order valence-electron chi connectivity index (χ3n) is 7.71. The first-order chi connectivity index (χ1) is 15.8. The van der Waals surface area contributed by atoms with Gasteiger partial charge in [-0.1, -0.05) is 89.7 Å². The van der Waals surface area contributed by atoms with E-state index >= 15 is 0 Å². The summed E-state index contributed by atoms with van der Waals surface area (Å²) < 4.78 is 2.44. The number of rotatable bonds is 12. The highest BCUT2D eigenvalue weighted by molar-refractivity contribution is 5.81. The monoisotopic (exact) mass is 437 g/mol. The van der Waals surface area contributed by atoms with Gasteiger partial charge < -0.3 is 9.47 Å². The molecule has 1 unspecified atom stereocenters. The number of carbonyl (C=O) groups is 1. The Morgan fingerprint density at radius 1 is 0.906 bits per heavy atom. The Labute approximate surface area is 194 Å². The molecule has 1 atom stereocenters. The van der Waals surface area contributed by atoms with Gasteiger partial charge in [-0.2, -0.15) is 0 Å². The first-order valence-electron chi connectivity index (χ1n) is 13.5. The van der Waals surface area contributed by atoms with E-state index in [1.54, 1.807) is 0 Å². The van der Waals surface area contributed by atoms with Crippen molar-refractivity contribution in [3.05, 3.63) is 30.1 Å². The van der Waals surface area contributed by atoms with Crippen molar-refractivity contribution >= 4 is 16.9 Å². The van der Waals surface area contributed by atoms with Crippen LogP contribution in [0.1, 0.15) is 115 Å². The number of likely N-dealkylation sites (tertiary alicyclic amines) is 1. The van der Waals surface area contributed by atoms with Crippen LogP contribution in [0.25, 0.3) is 11.0 Å². The van der Waals surface area contributed by atoms with Crippen molar-refractivity contribution in [1.29, 1.82) is 0 Å². The fraction of sp³-hybridized carbons (Fsp3) is 0.714. The third kappa shape index (κ3) is 5.74. The molecule has 1 saturated carbocycles. The van der Waals surface area contributed by atoms with Crippen molar-refractivity contribution in [3.63, 3.8) is 0 Å². The average Bonchev–Trinajstić information content (AvgIpc) is 3.39. The number of aryl methyl sites for hydroxylation is 1. The third-order valence-corrected chi connectivity index (χ3v) is 7.71. The lowest BCUT2D eigenvalue weighted by Crippen LogP contribution is -2.37. The highest BCUT2D eigenvalue weighted by Gasteiger charge is 2.37. The summed E-state index contributed by atoms with van der Waals surface area (Å²) in [6.07, 6.45) is 19.0. The summed E-state index contributed by atoms with van der Waals surface area (Å²) in [6, 6.07) is 9.00.